The number of fused-ring (bicyclic) bond motifs is 2. The van der Waals surface area contributed by atoms with Crippen LogP contribution < -0.4 is 16.1 Å². The molecule has 27 heavy (non-hydrogen) atoms. The molecule has 0 saturated carbocycles. The Morgan fingerprint density at radius 3 is 2.63 bits per heavy atom. The molecule has 5 nitrogen and oxygen atoms in total. The summed E-state index contributed by atoms with van der Waals surface area (Å²) >= 11 is 3.53. The zero-order valence-electron chi connectivity index (χ0n) is 14.8. The van der Waals surface area contributed by atoms with Crippen molar-refractivity contribution in [3.63, 3.8) is 0 Å². The molecular formula is C20H19N3O2S2. The lowest BCUT2D eigenvalue weighted by Crippen LogP contribution is -2.30. The maximum atomic E-state index is 11.9. The fourth-order valence-electron chi connectivity index (χ4n) is 3.20. The number of benzene rings is 2. The number of anilines is 2. The van der Waals surface area contributed by atoms with Crippen LogP contribution in [0.15, 0.2) is 79.0 Å². The fraction of sp³-hybridized carbons (Fsp3) is 0.200. The summed E-state index contributed by atoms with van der Waals surface area (Å²) in [4.78, 5) is 31.5. The van der Waals surface area contributed by atoms with Crippen molar-refractivity contribution in [2.45, 2.75) is 27.7 Å². The van der Waals surface area contributed by atoms with Crippen molar-refractivity contribution < 1.29 is 0 Å². The number of H-pyrrole nitrogens is 1. The normalized spacial score (nSPS) is 12.6. The van der Waals surface area contributed by atoms with Crippen molar-refractivity contribution in [2.75, 3.05) is 17.7 Å². The molecule has 0 bridgehead atoms. The van der Waals surface area contributed by atoms with E-state index in [2.05, 4.69) is 58.6 Å². The average molecular weight is 398 g/mol. The van der Waals surface area contributed by atoms with Crippen LogP contribution in [-0.4, -0.2) is 22.4 Å². The Balaban J connectivity index is 1.61. The number of thioether (sulfide) groups is 1. The van der Waals surface area contributed by atoms with Crippen molar-refractivity contribution in [3.05, 3.63) is 75.6 Å². The molecule has 7 heteroatoms. The van der Waals surface area contributed by atoms with Crippen LogP contribution in [0, 0.1) is 0 Å². The highest BCUT2D eigenvalue weighted by molar-refractivity contribution is 8.00. The molecule has 0 radical (unpaired) electrons. The second-order valence-corrected chi connectivity index (χ2v) is 8.18. The molecule has 3 aromatic rings. The first kappa shape index (κ1) is 18.0. The highest BCUT2D eigenvalue weighted by Gasteiger charge is 2.23. The SMILES string of the molecule is CSc1ccc2c(c1)N(CCCn1ccc(=O)[nH]c1=O)c1ccccc1S2. The van der Waals surface area contributed by atoms with Gasteiger partial charge in [0.1, 0.15) is 0 Å². The molecular weight excluding hydrogens is 378 g/mol. The van der Waals surface area contributed by atoms with Crippen LogP contribution in [0.5, 0.6) is 0 Å². The Kier molecular flexibility index (Phi) is 5.13. The molecule has 1 aromatic heterocycles. The minimum atomic E-state index is -0.364. The second kappa shape index (κ2) is 7.70. The summed E-state index contributed by atoms with van der Waals surface area (Å²) in [5.74, 6) is 0. The van der Waals surface area contributed by atoms with Gasteiger partial charge in [0.15, 0.2) is 0 Å². The zero-order chi connectivity index (χ0) is 18.8. The number of aromatic nitrogens is 2. The quantitative estimate of drug-likeness (QED) is 0.661. The Morgan fingerprint density at radius 1 is 1.00 bits per heavy atom. The highest BCUT2D eigenvalue weighted by Crippen LogP contribution is 2.48. The number of aryl methyl sites for hydroxylation is 1. The van der Waals surface area contributed by atoms with E-state index in [1.54, 1.807) is 34.3 Å². The van der Waals surface area contributed by atoms with Gasteiger partial charge in [-0.05, 0) is 43.0 Å². The molecule has 2 heterocycles. The predicted molar refractivity (Wildman–Crippen MR) is 112 cm³/mol. The van der Waals surface area contributed by atoms with E-state index in [4.69, 9.17) is 0 Å². The van der Waals surface area contributed by atoms with Crippen LogP contribution >= 0.6 is 23.5 Å². The minimum absolute atomic E-state index is 0.359. The van der Waals surface area contributed by atoms with Gasteiger partial charge < -0.3 is 9.47 Å². The van der Waals surface area contributed by atoms with E-state index >= 15 is 0 Å². The van der Waals surface area contributed by atoms with Gasteiger partial charge in [0.05, 0.1) is 11.4 Å². The van der Waals surface area contributed by atoms with Crippen LogP contribution in [0.3, 0.4) is 0 Å². The summed E-state index contributed by atoms with van der Waals surface area (Å²) < 4.78 is 1.55. The summed E-state index contributed by atoms with van der Waals surface area (Å²) in [5, 5.41) is 0. The van der Waals surface area contributed by atoms with Crippen molar-refractivity contribution in [1.29, 1.82) is 0 Å². The van der Waals surface area contributed by atoms with Crippen molar-refractivity contribution in [1.82, 2.24) is 9.55 Å². The summed E-state index contributed by atoms with van der Waals surface area (Å²) in [5.41, 5.74) is 1.68. The standard InChI is InChI=1S/C20H19N3O2S2/c1-26-14-7-8-18-16(13-14)23(15-5-2-3-6-17(15)27-18)11-4-10-22-12-9-19(24)21-20(22)25/h2-3,5-9,12-13H,4,10-11H2,1H3,(H,21,24,25). The van der Waals surface area contributed by atoms with E-state index in [0.29, 0.717) is 6.54 Å². The Hall–Kier alpha value is -2.38. The molecule has 1 N–H and O–H groups in total. The summed E-state index contributed by atoms with van der Waals surface area (Å²) in [7, 11) is 0. The van der Waals surface area contributed by atoms with Gasteiger partial charge in [0, 0.05) is 40.0 Å². The lowest BCUT2D eigenvalue weighted by atomic mass is 10.2. The fourth-order valence-corrected chi connectivity index (χ4v) is 4.71. The van der Waals surface area contributed by atoms with E-state index < -0.39 is 0 Å². The maximum Gasteiger partial charge on any atom is 0.328 e. The van der Waals surface area contributed by atoms with Gasteiger partial charge in [-0.1, -0.05) is 23.9 Å². The van der Waals surface area contributed by atoms with Gasteiger partial charge >= 0.3 is 5.69 Å². The summed E-state index contributed by atoms with van der Waals surface area (Å²) in [6.07, 6.45) is 4.42. The third-order valence-electron chi connectivity index (χ3n) is 4.51. The maximum absolute atomic E-state index is 11.9. The van der Waals surface area contributed by atoms with Gasteiger partial charge in [-0.15, -0.1) is 11.8 Å². The molecule has 0 aliphatic carbocycles. The first-order valence-electron chi connectivity index (χ1n) is 8.68. The van der Waals surface area contributed by atoms with E-state index in [-0.39, 0.29) is 11.2 Å². The highest BCUT2D eigenvalue weighted by atomic mass is 32.2. The number of nitrogens with zero attached hydrogens (tertiary/aromatic N) is 2. The number of para-hydroxylation sites is 1. The minimum Gasteiger partial charge on any atom is -0.340 e. The number of rotatable bonds is 5. The molecule has 0 saturated heterocycles. The van der Waals surface area contributed by atoms with Crippen LogP contribution in [0.4, 0.5) is 11.4 Å². The second-order valence-electron chi connectivity index (χ2n) is 6.21. The van der Waals surface area contributed by atoms with Crippen LogP contribution in [0.2, 0.25) is 0 Å². The Morgan fingerprint density at radius 2 is 1.81 bits per heavy atom. The molecule has 0 unspecified atom stereocenters. The summed E-state index contributed by atoms with van der Waals surface area (Å²) in [6.45, 7) is 1.34. The molecule has 138 valence electrons. The molecule has 0 fully saturated rings. The van der Waals surface area contributed by atoms with Gasteiger partial charge in [-0.25, -0.2) is 4.79 Å². The topological polar surface area (TPSA) is 58.1 Å². The number of aromatic amines is 1. The van der Waals surface area contributed by atoms with Gasteiger partial charge in [0.25, 0.3) is 5.56 Å². The first-order valence-corrected chi connectivity index (χ1v) is 10.7. The first-order chi connectivity index (χ1) is 13.2. The number of hydrogen-bond acceptors (Lipinski definition) is 5. The molecule has 0 spiro atoms. The van der Waals surface area contributed by atoms with Gasteiger partial charge in [0.2, 0.25) is 0 Å². The van der Waals surface area contributed by atoms with Gasteiger partial charge in [-0.2, -0.15) is 0 Å². The molecule has 4 rings (SSSR count). The monoisotopic (exact) mass is 397 g/mol. The van der Waals surface area contributed by atoms with Crippen LogP contribution in [0.1, 0.15) is 6.42 Å². The van der Waals surface area contributed by atoms with Crippen molar-refractivity contribution in [2.24, 2.45) is 0 Å². The third-order valence-corrected chi connectivity index (χ3v) is 6.37. The van der Waals surface area contributed by atoms with Crippen molar-refractivity contribution in [3.8, 4) is 0 Å². The molecule has 1 aliphatic rings. The van der Waals surface area contributed by atoms with E-state index in [1.807, 2.05) is 0 Å². The van der Waals surface area contributed by atoms with Crippen LogP contribution in [-0.2, 0) is 6.54 Å². The lowest BCUT2D eigenvalue weighted by Gasteiger charge is -2.33. The average Bonchev–Trinajstić information content (AvgIpc) is 2.68. The smallest absolute Gasteiger partial charge is 0.328 e. The Labute approximate surface area is 165 Å². The molecule has 0 amide bonds. The van der Waals surface area contributed by atoms with E-state index in [0.717, 1.165) is 13.0 Å². The number of hydrogen-bond donors (Lipinski definition) is 1. The molecule has 2 aromatic carbocycles. The van der Waals surface area contributed by atoms with Crippen LogP contribution in [0.25, 0.3) is 0 Å². The molecule has 0 atom stereocenters. The lowest BCUT2D eigenvalue weighted by molar-refractivity contribution is 0.606. The Bertz CT molecular complexity index is 1090. The van der Waals surface area contributed by atoms with Gasteiger partial charge in [-0.3, -0.25) is 9.78 Å². The van der Waals surface area contributed by atoms with Crippen molar-refractivity contribution >= 4 is 34.9 Å². The zero-order valence-corrected chi connectivity index (χ0v) is 16.5. The molecule has 1 aliphatic heterocycles. The predicted octanol–water partition coefficient (Wildman–Crippen LogP) is 3.95. The van der Waals surface area contributed by atoms with E-state index in [9.17, 15) is 9.59 Å². The largest absolute Gasteiger partial charge is 0.340 e. The number of nitrogens with one attached hydrogen (secondary N) is 1. The van der Waals surface area contributed by atoms with E-state index in [1.165, 1.54) is 32.1 Å². The summed E-state index contributed by atoms with van der Waals surface area (Å²) in [6, 6.07) is 16.4. The third kappa shape index (κ3) is 3.70.